The zero-order valence-corrected chi connectivity index (χ0v) is 12.2. The van der Waals surface area contributed by atoms with Gasteiger partial charge in [-0.25, -0.2) is 0 Å². The summed E-state index contributed by atoms with van der Waals surface area (Å²) in [5.74, 6) is -0.809. The Morgan fingerprint density at radius 2 is 1.90 bits per heavy atom. The van der Waals surface area contributed by atoms with Crippen molar-refractivity contribution in [3.63, 3.8) is 0 Å². The van der Waals surface area contributed by atoms with Crippen LogP contribution < -0.4 is 5.32 Å². The quantitative estimate of drug-likeness (QED) is 0.569. The predicted molar refractivity (Wildman–Crippen MR) is 73.9 cm³/mol. The Balaban J connectivity index is 1.64. The highest BCUT2D eigenvalue weighted by Crippen LogP contribution is 2.52. The van der Waals surface area contributed by atoms with Crippen molar-refractivity contribution in [1.82, 2.24) is 10.2 Å². The van der Waals surface area contributed by atoms with Gasteiger partial charge >= 0.3 is 0 Å². The molecule has 6 nitrogen and oxygen atoms in total. The molecule has 2 fully saturated rings. The lowest BCUT2D eigenvalue weighted by atomic mass is 9.85. The predicted octanol–water partition coefficient (Wildman–Crippen LogP) is -0.0554. The summed E-state index contributed by atoms with van der Waals surface area (Å²) < 4.78 is 4.94. The number of rotatable bonds is 5. The maximum Gasteiger partial charge on any atom is 0.240 e. The lowest BCUT2D eigenvalue weighted by molar-refractivity contribution is -0.144. The van der Waals surface area contributed by atoms with E-state index in [0.29, 0.717) is 6.61 Å². The molecule has 2 bridgehead atoms. The molecule has 6 heteroatoms. The topological polar surface area (TPSA) is 75.7 Å². The molecule has 5 unspecified atom stereocenters. The molecule has 3 amide bonds. The van der Waals surface area contributed by atoms with Gasteiger partial charge in [0.25, 0.3) is 0 Å². The number of carbonyl (C=O) groups excluding carboxylic acids is 3. The Kier molecular flexibility index (Phi) is 3.57. The molecular weight excluding hydrogens is 272 g/mol. The van der Waals surface area contributed by atoms with Gasteiger partial charge in [-0.3, -0.25) is 19.3 Å². The molecule has 2 aliphatic carbocycles. The van der Waals surface area contributed by atoms with Gasteiger partial charge in [0.1, 0.15) is 6.54 Å². The largest absolute Gasteiger partial charge is 0.383 e. The van der Waals surface area contributed by atoms with Gasteiger partial charge in [0.2, 0.25) is 17.7 Å². The van der Waals surface area contributed by atoms with Crippen molar-refractivity contribution in [2.45, 2.75) is 19.4 Å². The molecule has 1 saturated carbocycles. The van der Waals surface area contributed by atoms with Gasteiger partial charge in [0.05, 0.1) is 18.4 Å². The average Bonchev–Trinajstić information content (AvgIpc) is 3.08. The third kappa shape index (κ3) is 2.27. The van der Waals surface area contributed by atoms with Crippen LogP contribution in [0.4, 0.5) is 0 Å². The van der Waals surface area contributed by atoms with Crippen molar-refractivity contribution < 1.29 is 19.1 Å². The number of hydrogen-bond acceptors (Lipinski definition) is 4. The van der Waals surface area contributed by atoms with Crippen LogP contribution in [0, 0.1) is 23.7 Å². The highest BCUT2D eigenvalue weighted by molar-refractivity contribution is 6.08. The van der Waals surface area contributed by atoms with Gasteiger partial charge in [-0.1, -0.05) is 12.2 Å². The number of amides is 3. The van der Waals surface area contributed by atoms with Crippen LogP contribution in [-0.4, -0.2) is 48.9 Å². The highest BCUT2D eigenvalue weighted by atomic mass is 16.5. The fraction of sp³-hybridized carbons (Fsp3) is 0.667. The Morgan fingerprint density at radius 3 is 2.43 bits per heavy atom. The van der Waals surface area contributed by atoms with E-state index in [4.69, 9.17) is 4.74 Å². The average molecular weight is 292 g/mol. The maximum absolute atomic E-state index is 12.4. The van der Waals surface area contributed by atoms with Crippen LogP contribution in [0.2, 0.25) is 0 Å². The fourth-order valence-electron chi connectivity index (χ4n) is 3.88. The van der Waals surface area contributed by atoms with Gasteiger partial charge in [-0.05, 0) is 25.2 Å². The lowest BCUT2D eigenvalue weighted by Crippen LogP contribution is -2.45. The van der Waals surface area contributed by atoms with Gasteiger partial charge in [0.15, 0.2) is 0 Å². The van der Waals surface area contributed by atoms with Crippen LogP contribution in [0.25, 0.3) is 0 Å². The molecule has 0 aromatic heterocycles. The van der Waals surface area contributed by atoms with E-state index in [2.05, 4.69) is 5.32 Å². The first-order valence-electron chi connectivity index (χ1n) is 7.34. The molecule has 0 aromatic carbocycles. The summed E-state index contributed by atoms with van der Waals surface area (Å²) in [6, 6.07) is -0.146. The minimum atomic E-state index is -0.318. The molecule has 0 aromatic rings. The van der Waals surface area contributed by atoms with E-state index in [-0.39, 0.29) is 54.0 Å². The number of methoxy groups -OCH3 is 1. The van der Waals surface area contributed by atoms with Crippen LogP contribution in [0.1, 0.15) is 13.3 Å². The molecule has 3 rings (SSSR count). The highest BCUT2D eigenvalue weighted by Gasteiger charge is 2.59. The number of likely N-dealkylation sites (tertiary alicyclic amines) is 1. The van der Waals surface area contributed by atoms with Crippen LogP contribution >= 0.6 is 0 Å². The van der Waals surface area contributed by atoms with Crippen molar-refractivity contribution in [3.8, 4) is 0 Å². The van der Waals surface area contributed by atoms with E-state index < -0.39 is 0 Å². The molecule has 1 saturated heterocycles. The van der Waals surface area contributed by atoms with Crippen molar-refractivity contribution >= 4 is 17.7 Å². The molecule has 0 spiro atoms. The number of nitrogens with one attached hydrogen (secondary N) is 1. The monoisotopic (exact) mass is 292 g/mol. The van der Waals surface area contributed by atoms with Crippen LogP contribution in [0.15, 0.2) is 12.2 Å². The lowest BCUT2D eigenvalue weighted by Gasteiger charge is -2.18. The van der Waals surface area contributed by atoms with E-state index in [9.17, 15) is 14.4 Å². The Hall–Kier alpha value is -1.69. The first-order chi connectivity index (χ1) is 10.0. The summed E-state index contributed by atoms with van der Waals surface area (Å²) in [6.07, 6.45) is 4.99. The minimum absolute atomic E-state index is 0.146. The smallest absolute Gasteiger partial charge is 0.240 e. The Labute approximate surface area is 123 Å². The normalized spacial score (nSPS) is 34.5. The summed E-state index contributed by atoms with van der Waals surface area (Å²) in [6.45, 7) is 2.03. The molecule has 1 heterocycles. The van der Waals surface area contributed by atoms with E-state index in [1.165, 1.54) is 0 Å². The number of imide groups is 1. The maximum atomic E-state index is 12.4. The summed E-state index contributed by atoms with van der Waals surface area (Å²) >= 11 is 0. The van der Waals surface area contributed by atoms with E-state index in [0.717, 1.165) is 11.3 Å². The number of fused-ring (bicyclic) bond motifs is 5. The van der Waals surface area contributed by atoms with Crippen molar-refractivity contribution in [2.75, 3.05) is 20.3 Å². The molecule has 114 valence electrons. The van der Waals surface area contributed by atoms with Crippen LogP contribution in [0.3, 0.4) is 0 Å². The zero-order valence-electron chi connectivity index (χ0n) is 12.2. The zero-order chi connectivity index (χ0) is 15.1. The number of hydrogen-bond donors (Lipinski definition) is 1. The molecule has 5 atom stereocenters. The van der Waals surface area contributed by atoms with Crippen molar-refractivity contribution in [1.29, 1.82) is 0 Å². The van der Waals surface area contributed by atoms with Gasteiger partial charge in [0, 0.05) is 13.2 Å². The SMILES string of the molecule is COCC(C)NC(=O)CN1C(=O)C2C3C=CC(C3)C2C1=O. The third-order valence-corrected chi connectivity index (χ3v) is 4.69. The summed E-state index contributed by atoms with van der Waals surface area (Å²) in [5.41, 5.74) is 0. The summed E-state index contributed by atoms with van der Waals surface area (Å²) in [5, 5.41) is 2.73. The fourth-order valence-corrected chi connectivity index (χ4v) is 3.88. The van der Waals surface area contributed by atoms with E-state index in [1.54, 1.807) is 7.11 Å². The third-order valence-electron chi connectivity index (χ3n) is 4.69. The second-order valence-corrected chi connectivity index (χ2v) is 6.19. The van der Waals surface area contributed by atoms with Crippen molar-refractivity contribution in [2.24, 2.45) is 23.7 Å². The second-order valence-electron chi connectivity index (χ2n) is 6.19. The molecule has 21 heavy (non-hydrogen) atoms. The molecule has 1 N–H and O–H groups in total. The first-order valence-corrected chi connectivity index (χ1v) is 7.34. The molecular formula is C15H20N2O4. The molecule has 1 aliphatic heterocycles. The first kappa shape index (κ1) is 14.3. The van der Waals surface area contributed by atoms with E-state index in [1.807, 2.05) is 19.1 Å². The van der Waals surface area contributed by atoms with Gasteiger partial charge < -0.3 is 10.1 Å². The number of nitrogens with zero attached hydrogens (tertiary/aromatic N) is 1. The Bertz CT molecular complexity index is 486. The number of ether oxygens (including phenoxy) is 1. The standard InChI is InChI=1S/C15H20N2O4/c1-8(7-21-2)16-11(18)6-17-14(19)12-9-3-4-10(5-9)13(12)15(17)20/h3-4,8-10,12-13H,5-7H2,1-2H3,(H,16,18). The summed E-state index contributed by atoms with van der Waals surface area (Å²) in [7, 11) is 1.56. The summed E-state index contributed by atoms with van der Waals surface area (Å²) in [4.78, 5) is 37.9. The van der Waals surface area contributed by atoms with E-state index >= 15 is 0 Å². The van der Waals surface area contributed by atoms with Crippen LogP contribution in [0.5, 0.6) is 0 Å². The van der Waals surface area contributed by atoms with Gasteiger partial charge in [-0.15, -0.1) is 0 Å². The second kappa shape index (κ2) is 5.26. The number of carbonyl (C=O) groups is 3. The van der Waals surface area contributed by atoms with Crippen molar-refractivity contribution in [3.05, 3.63) is 12.2 Å². The number of allylic oxidation sites excluding steroid dienone is 2. The minimum Gasteiger partial charge on any atom is -0.383 e. The molecule has 3 aliphatic rings. The van der Waals surface area contributed by atoms with Crippen LogP contribution in [-0.2, 0) is 19.1 Å². The molecule has 0 radical (unpaired) electrons. The van der Waals surface area contributed by atoms with Gasteiger partial charge in [-0.2, -0.15) is 0 Å². The Morgan fingerprint density at radius 1 is 1.33 bits per heavy atom.